The summed E-state index contributed by atoms with van der Waals surface area (Å²) < 4.78 is 11.9. The van der Waals surface area contributed by atoms with Crippen molar-refractivity contribution < 1.29 is 13.6 Å². The van der Waals surface area contributed by atoms with E-state index in [1.54, 1.807) is 18.2 Å². The maximum atomic E-state index is 12.6. The maximum Gasteiger partial charge on any atom is 0.248 e. The van der Waals surface area contributed by atoms with Crippen LogP contribution in [0.25, 0.3) is 50.7 Å². The molecular weight excluding hydrogens is 484 g/mol. The highest BCUT2D eigenvalue weighted by molar-refractivity contribution is 6.31. The maximum absolute atomic E-state index is 12.6. The molecular formula is C31H21ClN2O3. The SMILES string of the molecule is Cc1ccc(-c2ccc(/C=C/C(=O)Nc3ccc4oc(-c5cccc6ccccc56)nc4c3)o2)cc1Cl. The number of carbonyl (C=O) groups is 1. The van der Waals surface area contributed by atoms with E-state index in [9.17, 15) is 4.79 Å². The summed E-state index contributed by atoms with van der Waals surface area (Å²) in [6.45, 7) is 1.95. The lowest BCUT2D eigenvalue weighted by molar-refractivity contribution is -0.111. The first kappa shape index (κ1) is 22.8. The molecule has 0 unspecified atom stereocenters. The quantitative estimate of drug-likeness (QED) is 0.239. The molecule has 5 nitrogen and oxygen atoms in total. The summed E-state index contributed by atoms with van der Waals surface area (Å²) in [6.07, 6.45) is 3.06. The number of fused-ring (bicyclic) bond motifs is 2. The summed E-state index contributed by atoms with van der Waals surface area (Å²) in [5.74, 6) is 1.50. The number of anilines is 1. The normalized spacial score (nSPS) is 11.5. The van der Waals surface area contributed by atoms with Crippen LogP contribution in [0.3, 0.4) is 0 Å². The van der Waals surface area contributed by atoms with Crippen molar-refractivity contribution in [3.05, 3.63) is 113 Å². The Balaban J connectivity index is 1.18. The van der Waals surface area contributed by atoms with Gasteiger partial charge in [-0.1, -0.05) is 60.1 Å². The molecule has 180 valence electrons. The van der Waals surface area contributed by atoms with Gasteiger partial charge in [-0.2, -0.15) is 0 Å². The highest BCUT2D eigenvalue weighted by Gasteiger charge is 2.12. The number of hydrogen-bond donors (Lipinski definition) is 1. The molecule has 0 spiro atoms. The van der Waals surface area contributed by atoms with Crippen LogP contribution in [0.4, 0.5) is 5.69 Å². The smallest absolute Gasteiger partial charge is 0.248 e. The van der Waals surface area contributed by atoms with Crippen molar-refractivity contribution in [2.75, 3.05) is 5.32 Å². The lowest BCUT2D eigenvalue weighted by atomic mass is 10.0. The number of benzene rings is 4. The molecule has 0 fully saturated rings. The first-order valence-corrected chi connectivity index (χ1v) is 12.2. The highest BCUT2D eigenvalue weighted by atomic mass is 35.5. The first-order valence-electron chi connectivity index (χ1n) is 11.8. The van der Waals surface area contributed by atoms with E-state index < -0.39 is 0 Å². The lowest BCUT2D eigenvalue weighted by Gasteiger charge is -2.01. The van der Waals surface area contributed by atoms with Crippen LogP contribution < -0.4 is 5.32 Å². The molecule has 0 radical (unpaired) electrons. The van der Waals surface area contributed by atoms with Gasteiger partial charge < -0.3 is 14.2 Å². The largest absolute Gasteiger partial charge is 0.457 e. The second-order valence-electron chi connectivity index (χ2n) is 8.72. The molecule has 6 aromatic rings. The van der Waals surface area contributed by atoms with Gasteiger partial charge in [0.25, 0.3) is 0 Å². The van der Waals surface area contributed by atoms with Crippen LogP contribution in [0.1, 0.15) is 11.3 Å². The van der Waals surface area contributed by atoms with Crippen molar-refractivity contribution in [3.63, 3.8) is 0 Å². The molecule has 0 saturated heterocycles. The van der Waals surface area contributed by atoms with Crippen molar-refractivity contribution in [1.29, 1.82) is 0 Å². The van der Waals surface area contributed by atoms with E-state index in [-0.39, 0.29) is 5.91 Å². The Morgan fingerprint density at radius 2 is 1.78 bits per heavy atom. The average molecular weight is 505 g/mol. The number of aromatic nitrogens is 1. The zero-order valence-electron chi connectivity index (χ0n) is 19.9. The Hall–Kier alpha value is -4.61. The summed E-state index contributed by atoms with van der Waals surface area (Å²) in [7, 11) is 0. The molecule has 37 heavy (non-hydrogen) atoms. The van der Waals surface area contributed by atoms with Crippen molar-refractivity contribution in [2.45, 2.75) is 6.92 Å². The van der Waals surface area contributed by atoms with Crippen LogP contribution in [0.5, 0.6) is 0 Å². The van der Waals surface area contributed by atoms with Gasteiger partial charge in [0.2, 0.25) is 11.8 Å². The van der Waals surface area contributed by atoms with Crippen molar-refractivity contribution in [2.24, 2.45) is 0 Å². The fourth-order valence-electron chi connectivity index (χ4n) is 4.22. The monoisotopic (exact) mass is 504 g/mol. The molecule has 6 rings (SSSR count). The topological polar surface area (TPSA) is 68.3 Å². The number of nitrogens with one attached hydrogen (secondary N) is 1. The third kappa shape index (κ3) is 4.65. The second-order valence-corrected chi connectivity index (χ2v) is 9.12. The second kappa shape index (κ2) is 9.45. The Morgan fingerprint density at radius 1 is 0.919 bits per heavy atom. The van der Waals surface area contributed by atoms with Crippen LogP contribution in [-0.2, 0) is 4.79 Å². The van der Waals surface area contributed by atoms with E-state index in [0.717, 1.165) is 27.5 Å². The van der Waals surface area contributed by atoms with E-state index >= 15 is 0 Å². The summed E-state index contributed by atoms with van der Waals surface area (Å²) in [5, 5.41) is 5.74. The van der Waals surface area contributed by atoms with Gasteiger partial charge in [-0.15, -0.1) is 0 Å². The molecule has 0 aliphatic carbocycles. The molecule has 1 N–H and O–H groups in total. The molecule has 0 saturated carbocycles. The fraction of sp³-hybridized carbons (Fsp3) is 0.0323. The summed E-state index contributed by atoms with van der Waals surface area (Å²) >= 11 is 6.22. The third-order valence-corrected chi connectivity index (χ3v) is 6.56. The number of oxazole rings is 1. The van der Waals surface area contributed by atoms with Gasteiger partial charge >= 0.3 is 0 Å². The summed E-state index contributed by atoms with van der Waals surface area (Å²) in [5.41, 5.74) is 4.74. The van der Waals surface area contributed by atoms with Crippen molar-refractivity contribution in [1.82, 2.24) is 4.98 Å². The average Bonchev–Trinajstić information content (AvgIpc) is 3.56. The van der Waals surface area contributed by atoms with Crippen LogP contribution >= 0.6 is 11.6 Å². The molecule has 2 heterocycles. The number of furan rings is 1. The Kier molecular flexibility index (Phi) is 5.83. The van der Waals surface area contributed by atoms with Gasteiger partial charge in [0.1, 0.15) is 17.0 Å². The predicted molar refractivity (Wildman–Crippen MR) is 149 cm³/mol. The molecule has 1 amide bonds. The standard InChI is InChI=1S/C31H21ClN2O3/c1-19-9-10-21(17-26(19)32)28-15-12-23(36-28)13-16-30(35)33-22-11-14-29-27(18-22)34-31(37-29)25-8-4-6-20-5-2-3-7-24(20)25/h2-18H,1H3,(H,33,35)/b16-13+. The lowest BCUT2D eigenvalue weighted by Crippen LogP contribution is -2.07. The zero-order chi connectivity index (χ0) is 25.4. The Labute approximate surface area is 218 Å². The van der Waals surface area contributed by atoms with Gasteiger partial charge in [0, 0.05) is 27.9 Å². The highest BCUT2D eigenvalue weighted by Crippen LogP contribution is 2.31. The van der Waals surface area contributed by atoms with Crippen LogP contribution in [-0.4, -0.2) is 10.9 Å². The van der Waals surface area contributed by atoms with E-state index in [4.69, 9.17) is 20.4 Å². The number of rotatable bonds is 5. The molecule has 0 atom stereocenters. The summed E-state index contributed by atoms with van der Waals surface area (Å²) in [4.78, 5) is 17.2. The number of halogens is 1. The van der Waals surface area contributed by atoms with Gasteiger partial charge in [-0.05, 0) is 71.8 Å². The molecule has 4 aromatic carbocycles. The number of aryl methyl sites for hydroxylation is 1. The third-order valence-electron chi connectivity index (χ3n) is 6.16. The van der Waals surface area contributed by atoms with Gasteiger partial charge in [-0.25, -0.2) is 4.98 Å². The van der Waals surface area contributed by atoms with E-state index in [1.165, 1.54) is 6.08 Å². The molecule has 2 aromatic heterocycles. The molecule has 0 aliphatic heterocycles. The molecule has 6 heteroatoms. The van der Waals surface area contributed by atoms with Gasteiger partial charge in [0.15, 0.2) is 5.58 Å². The first-order chi connectivity index (χ1) is 18.0. The van der Waals surface area contributed by atoms with E-state index in [0.29, 0.717) is 39.2 Å². The zero-order valence-corrected chi connectivity index (χ0v) is 20.6. The molecule has 0 aliphatic rings. The number of amides is 1. The summed E-state index contributed by atoms with van der Waals surface area (Å²) in [6, 6.07) is 29.0. The minimum absolute atomic E-state index is 0.284. The van der Waals surface area contributed by atoms with E-state index in [2.05, 4.69) is 28.5 Å². The number of nitrogens with zero attached hydrogens (tertiary/aromatic N) is 1. The Bertz CT molecular complexity index is 1810. The van der Waals surface area contributed by atoms with Crippen LogP contribution in [0, 0.1) is 6.92 Å². The van der Waals surface area contributed by atoms with Gasteiger partial charge in [0.05, 0.1) is 0 Å². The van der Waals surface area contributed by atoms with Crippen molar-refractivity contribution >= 4 is 51.1 Å². The minimum atomic E-state index is -0.284. The molecule has 0 bridgehead atoms. The van der Waals surface area contributed by atoms with Crippen LogP contribution in [0.15, 0.2) is 106 Å². The number of carbonyl (C=O) groups excluding carboxylic acids is 1. The van der Waals surface area contributed by atoms with Crippen LogP contribution in [0.2, 0.25) is 5.02 Å². The minimum Gasteiger partial charge on any atom is -0.457 e. The number of hydrogen-bond acceptors (Lipinski definition) is 4. The Morgan fingerprint density at radius 3 is 2.68 bits per heavy atom. The van der Waals surface area contributed by atoms with E-state index in [1.807, 2.05) is 67.6 Å². The fourth-order valence-corrected chi connectivity index (χ4v) is 4.40. The predicted octanol–water partition coefficient (Wildman–Crippen LogP) is 8.52. The van der Waals surface area contributed by atoms with Gasteiger partial charge in [-0.3, -0.25) is 4.79 Å². The van der Waals surface area contributed by atoms with Crippen molar-refractivity contribution in [3.8, 4) is 22.8 Å².